The van der Waals surface area contributed by atoms with E-state index in [1.165, 1.54) is 16.7 Å². The van der Waals surface area contributed by atoms with Crippen LogP contribution in [0.2, 0.25) is 0 Å². The van der Waals surface area contributed by atoms with E-state index < -0.39 is 0 Å². The third kappa shape index (κ3) is 4.07. The molecule has 2 N–H and O–H groups in total. The van der Waals surface area contributed by atoms with Crippen molar-refractivity contribution >= 4 is 28.3 Å². The molecule has 1 atom stereocenters. The molecule has 0 aliphatic carbocycles. The predicted molar refractivity (Wildman–Crippen MR) is 94.7 cm³/mol. The van der Waals surface area contributed by atoms with Gasteiger partial charge in [0, 0.05) is 30.1 Å². The van der Waals surface area contributed by atoms with Crippen LogP contribution in [0.1, 0.15) is 12.0 Å². The highest BCUT2D eigenvalue weighted by molar-refractivity contribution is 9.10. The summed E-state index contributed by atoms with van der Waals surface area (Å²) in [5.74, 6) is 0. The van der Waals surface area contributed by atoms with Crippen LogP contribution in [0.25, 0.3) is 11.1 Å². The Morgan fingerprint density at radius 3 is 2.43 bits per heavy atom. The van der Waals surface area contributed by atoms with Crippen molar-refractivity contribution in [3.05, 3.63) is 58.6 Å². The Morgan fingerprint density at radius 1 is 1.10 bits per heavy atom. The van der Waals surface area contributed by atoms with Gasteiger partial charge in [0.2, 0.25) is 0 Å². The largest absolute Gasteiger partial charge is 0.326 e. The van der Waals surface area contributed by atoms with Gasteiger partial charge in [-0.25, -0.2) is 0 Å². The molecule has 0 amide bonds. The molecule has 2 aromatic carbocycles. The highest BCUT2D eigenvalue weighted by atomic mass is 79.9. The van der Waals surface area contributed by atoms with E-state index in [2.05, 4.69) is 63.3 Å². The van der Waals surface area contributed by atoms with Crippen LogP contribution < -0.4 is 5.73 Å². The van der Waals surface area contributed by atoms with Crippen LogP contribution in [0.15, 0.2) is 53.0 Å². The Kier molecular flexibility index (Phi) is 5.82. The summed E-state index contributed by atoms with van der Waals surface area (Å²) in [4.78, 5) is 2.43. The highest BCUT2D eigenvalue weighted by Crippen LogP contribution is 2.28. The topological polar surface area (TPSA) is 29.3 Å². The van der Waals surface area contributed by atoms with Gasteiger partial charge in [-0.15, -0.1) is 12.4 Å². The van der Waals surface area contributed by atoms with Crippen LogP contribution in [0, 0.1) is 0 Å². The molecule has 0 bridgehead atoms. The predicted octanol–water partition coefficient (Wildman–Crippen LogP) is 4.07. The summed E-state index contributed by atoms with van der Waals surface area (Å²) in [6.07, 6.45) is 1.12. The highest BCUT2D eigenvalue weighted by Gasteiger charge is 2.18. The molecule has 2 nitrogen and oxygen atoms in total. The van der Waals surface area contributed by atoms with E-state index in [0.29, 0.717) is 6.04 Å². The van der Waals surface area contributed by atoms with Crippen LogP contribution in [-0.4, -0.2) is 24.0 Å². The smallest absolute Gasteiger partial charge is 0.0253 e. The zero-order chi connectivity index (χ0) is 13.9. The number of benzene rings is 2. The lowest BCUT2D eigenvalue weighted by atomic mass is 10.0. The molecule has 0 radical (unpaired) electrons. The van der Waals surface area contributed by atoms with Crippen LogP contribution >= 0.6 is 28.3 Å². The fourth-order valence-electron chi connectivity index (χ4n) is 2.75. The Hall–Kier alpha value is -0.870. The Labute approximate surface area is 140 Å². The second-order valence-corrected chi connectivity index (χ2v) is 6.31. The second-order valence-electron chi connectivity index (χ2n) is 5.46. The SMILES string of the molecule is Cl.N[C@@H]1CCN(Cc2ccc(-c3ccccc3Br)cc2)C1. The molecule has 0 spiro atoms. The van der Waals surface area contributed by atoms with Crippen LogP contribution in [-0.2, 0) is 6.54 Å². The van der Waals surface area contributed by atoms with Gasteiger partial charge in [-0.2, -0.15) is 0 Å². The van der Waals surface area contributed by atoms with Crippen LogP contribution in [0.4, 0.5) is 0 Å². The molecule has 1 fully saturated rings. The first-order valence-corrected chi connectivity index (χ1v) is 7.83. The Balaban J connectivity index is 0.00000161. The first-order chi connectivity index (χ1) is 9.72. The zero-order valence-electron chi connectivity index (χ0n) is 11.8. The molecule has 2 aromatic rings. The lowest BCUT2D eigenvalue weighted by molar-refractivity contribution is 0.327. The van der Waals surface area contributed by atoms with Gasteiger partial charge in [-0.1, -0.05) is 58.4 Å². The molecule has 3 rings (SSSR count). The van der Waals surface area contributed by atoms with Crippen molar-refractivity contribution < 1.29 is 0 Å². The molecule has 1 aliphatic heterocycles. The van der Waals surface area contributed by atoms with Gasteiger partial charge in [0.25, 0.3) is 0 Å². The van der Waals surface area contributed by atoms with Crippen molar-refractivity contribution in [1.82, 2.24) is 4.90 Å². The van der Waals surface area contributed by atoms with Crippen molar-refractivity contribution in [3.63, 3.8) is 0 Å². The fraction of sp³-hybridized carbons (Fsp3) is 0.294. The van der Waals surface area contributed by atoms with E-state index in [-0.39, 0.29) is 12.4 Å². The molecular weight excluding hydrogens is 348 g/mol. The monoisotopic (exact) mass is 366 g/mol. The van der Waals surface area contributed by atoms with Crippen molar-refractivity contribution in [3.8, 4) is 11.1 Å². The number of hydrogen-bond acceptors (Lipinski definition) is 2. The van der Waals surface area contributed by atoms with Gasteiger partial charge in [0.15, 0.2) is 0 Å². The number of nitrogens with two attached hydrogens (primary N) is 1. The third-order valence-corrected chi connectivity index (χ3v) is 4.55. The van der Waals surface area contributed by atoms with Gasteiger partial charge in [0.1, 0.15) is 0 Å². The summed E-state index contributed by atoms with van der Waals surface area (Å²) in [5, 5.41) is 0. The second kappa shape index (κ2) is 7.41. The van der Waals surface area contributed by atoms with E-state index in [1.807, 2.05) is 6.07 Å². The first-order valence-electron chi connectivity index (χ1n) is 7.04. The maximum absolute atomic E-state index is 5.95. The number of nitrogens with zero attached hydrogens (tertiary/aromatic N) is 1. The van der Waals surface area contributed by atoms with Crippen molar-refractivity contribution in [2.75, 3.05) is 13.1 Å². The van der Waals surface area contributed by atoms with E-state index >= 15 is 0 Å². The quantitative estimate of drug-likeness (QED) is 0.886. The van der Waals surface area contributed by atoms with Gasteiger partial charge in [-0.05, 0) is 29.2 Å². The summed E-state index contributed by atoms with van der Waals surface area (Å²) in [5.41, 5.74) is 9.79. The van der Waals surface area contributed by atoms with Crippen molar-refractivity contribution in [2.45, 2.75) is 19.0 Å². The molecule has 4 heteroatoms. The third-order valence-electron chi connectivity index (χ3n) is 3.85. The molecule has 1 heterocycles. The minimum Gasteiger partial charge on any atom is -0.326 e. The van der Waals surface area contributed by atoms with Crippen LogP contribution in [0.3, 0.4) is 0 Å². The van der Waals surface area contributed by atoms with Gasteiger partial charge in [-0.3, -0.25) is 4.90 Å². The van der Waals surface area contributed by atoms with Gasteiger partial charge in [0.05, 0.1) is 0 Å². The van der Waals surface area contributed by atoms with E-state index in [9.17, 15) is 0 Å². The minimum atomic E-state index is 0. The summed E-state index contributed by atoms with van der Waals surface area (Å²) < 4.78 is 1.14. The summed E-state index contributed by atoms with van der Waals surface area (Å²) in [6.45, 7) is 3.14. The van der Waals surface area contributed by atoms with E-state index in [0.717, 1.165) is 30.5 Å². The maximum atomic E-state index is 5.95. The lowest BCUT2D eigenvalue weighted by Crippen LogP contribution is -2.26. The van der Waals surface area contributed by atoms with Crippen LogP contribution in [0.5, 0.6) is 0 Å². The standard InChI is InChI=1S/C17H19BrN2.ClH/c18-17-4-2-1-3-16(17)14-7-5-13(6-8-14)11-20-10-9-15(19)12-20;/h1-8,15H,9-12,19H2;1H/t15-;/m1./s1. The minimum absolute atomic E-state index is 0. The van der Waals surface area contributed by atoms with Crippen molar-refractivity contribution in [1.29, 1.82) is 0 Å². The zero-order valence-corrected chi connectivity index (χ0v) is 14.2. The molecule has 1 saturated heterocycles. The molecule has 21 heavy (non-hydrogen) atoms. The number of halogens is 2. The Bertz CT molecular complexity index is 586. The molecule has 1 aliphatic rings. The van der Waals surface area contributed by atoms with Gasteiger partial charge < -0.3 is 5.73 Å². The van der Waals surface area contributed by atoms with Gasteiger partial charge >= 0.3 is 0 Å². The van der Waals surface area contributed by atoms with E-state index in [1.54, 1.807) is 0 Å². The average Bonchev–Trinajstić information content (AvgIpc) is 2.86. The number of likely N-dealkylation sites (tertiary alicyclic amines) is 1. The number of hydrogen-bond donors (Lipinski definition) is 1. The normalized spacial score (nSPS) is 18.5. The summed E-state index contributed by atoms with van der Waals surface area (Å²) in [7, 11) is 0. The summed E-state index contributed by atoms with van der Waals surface area (Å²) in [6, 6.07) is 17.5. The average molecular weight is 368 g/mol. The molecule has 0 saturated carbocycles. The lowest BCUT2D eigenvalue weighted by Gasteiger charge is -2.15. The molecular formula is C17H20BrClN2. The van der Waals surface area contributed by atoms with E-state index in [4.69, 9.17) is 5.73 Å². The molecule has 112 valence electrons. The molecule has 0 aromatic heterocycles. The fourth-order valence-corrected chi connectivity index (χ4v) is 3.26. The maximum Gasteiger partial charge on any atom is 0.0253 e. The summed E-state index contributed by atoms with van der Waals surface area (Å²) >= 11 is 3.61. The van der Waals surface area contributed by atoms with Crippen molar-refractivity contribution in [2.24, 2.45) is 5.73 Å². The molecule has 0 unspecified atom stereocenters. The number of rotatable bonds is 3. The Morgan fingerprint density at radius 2 is 1.81 bits per heavy atom. The first kappa shape index (κ1) is 16.5.